The minimum absolute atomic E-state index is 0.0149. The number of rotatable bonds is 3. The van der Waals surface area contributed by atoms with Crippen LogP contribution in [0.4, 0.5) is 9.18 Å². The van der Waals surface area contributed by atoms with Crippen molar-refractivity contribution in [3.05, 3.63) is 24.5 Å². The lowest BCUT2D eigenvalue weighted by molar-refractivity contribution is -0.142. The predicted molar refractivity (Wildman–Crippen MR) is 144 cm³/mol. The number of aromatic nitrogens is 3. The topological polar surface area (TPSA) is 120 Å². The number of fused-ring (bicyclic) bond motifs is 5. The van der Waals surface area contributed by atoms with Gasteiger partial charge < -0.3 is 25.2 Å². The zero-order chi connectivity index (χ0) is 28.1. The van der Waals surface area contributed by atoms with Crippen molar-refractivity contribution >= 4 is 11.9 Å². The molecule has 6 heterocycles. The lowest BCUT2D eigenvalue weighted by atomic mass is 9.78. The van der Waals surface area contributed by atoms with Crippen LogP contribution in [0.1, 0.15) is 39.3 Å². The third-order valence-corrected chi connectivity index (χ3v) is 9.50. The van der Waals surface area contributed by atoms with E-state index < -0.39 is 18.6 Å². The molecule has 0 aromatic carbocycles. The second kappa shape index (κ2) is 11.0. The zero-order valence-corrected chi connectivity index (χ0v) is 23.6. The fourth-order valence-electron chi connectivity index (χ4n) is 7.61. The number of halogens is 1. The van der Waals surface area contributed by atoms with Crippen molar-refractivity contribution in [3.63, 3.8) is 0 Å². The number of piperazine rings is 1. The molecule has 9 atom stereocenters. The summed E-state index contributed by atoms with van der Waals surface area (Å²) in [5.41, 5.74) is 0.666. The summed E-state index contributed by atoms with van der Waals surface area (Å²) in [6.45, 7) is 13.3. The van der Waals surface area contributed by atoms with E-state index in [1.807, 2.05) is 15.8 Å². The molecule has 0 spiro atoms. The maximum Gasteiger partial charge on any atom is 0.320 e. The lowest BCUT2D eigenvalue weighted by Crippen LogP contribution is -2.79. The van der Waals surface area contributed by atoms with Crippen LogP contribution < -0.4 is 16.0 Å². The molecule has 12 nitrogen and oxygen atoms in total. The Kier molecular flexibility index (Phi) is 7.57. The molecule has 0 radical (unpaired) electrons. The lowest BCUT2D eigenvalue weighted by Gasteiger charge is -2.59. The number of hydrogen-bond donors (Lipinski definition) is 3. The number of amides is 3. The Balaban J connectivity index is 1.36. The Bertz CT molecular complexity index is 1120. The van der Waals surface area contributed by atoms with Crippen LogP contribution in [0.2, 0.25) is 0 Å². The van der Waals surface area contributed by atoms with Crippen LogP contribution in [0.3, 0.4) is 0 Å². The summed E-state index contributed by atoms with van der Waals surface area (Å²) < 4.78 is 23.7. The maximum atomic E-state index is 15.8. The van der Waals surface area contributed by atoms with E-state index in [4.69, 9.17) is 4.74 Å². The molecular weight excluding hydrogens is 517 g/mol. The van der Waals surface area contributed by atoms with Gasteiger partial charge in [0.1, 0.15) is 18.1 Å². The smallest absolute Gasteiger partial charge is 0.320 e. The summed E-state index contributed by atoms with van der Waals surface area (Å²) in [5, 5.41) is 19.0. The van der Waals surface area contributed by atoms with E-state index in [-0.39, 0.29) is 67.0 Å². The van der Waals surface area contributed by atoms with Crippen molar-refractivity contribution in [2.24, 2.45) is 17.8 Å². The van der Waals surface area contributed by atoms with E-state index in [0.717, 1.165) is 13.0 Å². The molecule has 5 aliphatic rings. The Hall–Kier alpha value is -2.61. The molecule has 3 amide bonds. The number of ether oxygens (including phenoxy) is 1. The molecule has 40 heavy (non-hydrogen) atoms. The molecule has 3 N–H and O–H groups in total. The number of hydrogen-bond acceptors (Lipinski definition) is 8. The first-order chi connectivity index (χ1) is 19.2. The first-order valence-electron chi connectivity index (χ1n) is 14.6. The second-order valence-electron chi connectivity index (χ2n) is 12.3. The molecule has 6 rings (SSSR count). The molecule has 8 unspecified atom stereocenters. The van der Waals surface area contributed by atoms with Crippen LogP contribution in [-0.4, -0.2) is 111 Å². The van der Waals surface area contributed by atoms with Gasteiger partial charge in [-0.15, -0.1) is 5.10 Å². The third kappa shape index (κ3) is 4.90. The van der Waals surface area contributed by atoms with Gasteiger partial charge in [-0.25, -0.2) is 9.18 Å². The molecule has 1 aromatic heterocycles. The molecule has 5 aliphatic heterocycles. The van der Waals surface area contributed by atoms with Crippen molar-refractivity contribution in [3.8, 4) is 0 Å². The number of nitrogens with zero attached hydrogens (tertiary/aromatic N) is 6. The summed E-state index contributed by atoms with van der Waals surface area (Å²) in [5.74, 6) is 0.0977. The van der Waals surface area contributed by atoms with Crippen LogP contribution in [-0.2, 0) is 22.7 Å². The maximum absolute atomic E-state index is 15.8. The van der Waals surface area contributed by atoms with Gasteiger partial charge in [0.2, 0.25) is 5.91 Å². The molecule has 0 saturated carbocycles. The molecule has 4 bridgehead atoms. The second-order valence-corrected chi connectivity index (χ2v) is 12.3. The van der Waals surface area contributed by atoms with Gasteiger partial charge in [-0.1, -0.05) is 25.6 Å². The van der Waals surface area contributed by atoms with Gasteiger partial charge in [0, 0.05) is 50.1 Å². The molecule has 13 heteroatoms. The number of urea groups is 1. The Morgan fingerprint density at radius 2 is 2.10 bits per heavy atom. The van der Waals surface area contributed by atoms with E-state index in [0.29, 0.717) is 31.9 Å². The summed E-state index contributed by atoms with van der Waals surface area (Å²) in [6.07, 6.45) is 1.41. The van der Waals surface area contributed by atoms with Crippen LogP contribution in [0, 0.1) is 17.8 Å². The fraction of sp³-hybridized carbons (Fsp3) is 0.778. The summed E-state index contributed by atoms with van der Waals surface area (Å²) in [6, 6.07) is -0.256. The first-order valence-corrected chi connectivity index (χ1v) is 14.6. The van der Waals surface area contributed by atoms with Crippen LogP contribution in [0.25, 0.3) is 0 Å². The van der Waals surface area contributed by atoms with Gasteiger partial charge in [0.15, 0.2) is 0 Å². The molecule has 4 fully saturated rings. The highest BCUT2D eigenvalue weighted by Gasteiger charge is 2.55. The average molecular weight is 560 g/mol. The van der Waals surface area contributed by atoms with Crippen LogP contribution in [0.5, 0.6) is 0 Å². The third-order valence-electron chi connectivity index (χ3n) is 9.50. The van der Waals surface area contributed by atoms with Gasteiger partial charge in [0.25, 0.3) is 0 Å². The SMILES string of the molecule is C=CC(=O)N1CCN(C2NC(=O)N3C4NC(OCc5cn(nn5)CC5CCNC(C(C)C)C53)C(F)CC42)[C@@H](C)C1. The van der Waals surface area contributed by atoms with E-state index in [1.165, 1.54) is 6.08 Å². The van der Waals surface area contributed by atoms with E-state index in [2.05, 4.69) is 58.5 Å². The standard InChI is InChI=1S/C27H42FN9O3/c1-5-21(38)34-8-9-36(16(4)11-34)24-19-10-20(28)26-30-25(19)37(27(39)31-24)23-17(6-7-29-22(23)15(2)3)12-35-13-18(14-40-26)32-33-35/h5,13,15-17,19-20,22-26,29-30H,1,6-12,14H2,2-4H3,(H,31,39)/t16-,17?,19?,20?,22?,23?,24?,25?,26?/m0/s1. The van der Waals surface area contributed by atoms with Crippen molar-refractivity contribution in [2.45, 2.75) is 89.6 Å². The number of alkyl halides is 1. The Morgan fingerprint density at radius 1 is 1.27 bits per heavy atom. The summed E-state index contributed by atoms with van der Waals surface area (Å²) in [7, 11) is 0. The number of carbonyl (C=O) groups is 2. The van der Waals surface area contributed by atoms with E-state index in [1.54, 1.807) is 4.90 Å². The fourth-order valence-corrected chi connectivity index (χ4v) is 7.61. The molecule has 0 aliphatic carbocycles. The highest BCUT2D eigenvalue weighted by molar-refractivity contribution is 5.87. The highest BCUT2D eigenvalue weighted by Crippen LogP contribution is 2.39. The predicted octanol–water partition coefficient (Wildman–Crippen LogP) is 0.481. The van der Waals surface area contributed by atoms with Gasteiger partial charge in [-0.3, -0.25) is 19.7 Å². The Morgan fingerprint density at radius 3 is 2.85 bits per heavy atom. The van der Waals surface area contributed by atoms with Crippen molar-refractivity contribution in [2.75, 3.05) is 26.2 Å². The quantitative estimate of drug-likeness (QED) is 0.458. The van der Waals surface area contributed by atoms with Crippen molar-refractivity contribution in [1.29, 1.82) is 0 Å². The molecule has 1 aromatic rings. The summed E-state index contributed by atoms with van der Waals surface area (Å²) >= 11 is 0. The average Bonchev–Trinajstić information content (AvgIpc) is 3.38. The normalized spacial score (nSPS) is 38.6. The molecule has 4 saturated heterocycles. The van der Waals surface area contributed by atoms with Gasteiger partial charge in [-0.2, -0.15) is 0 Å². The molecule has 220 valence electrons. The number of piperidine rings is 2. The van der Waals surface area contributed by atoms with Gasteiger partial charge >= 0.3 is 6.03 Å². The minimum Gasteiger partial charge on any atom is -0.354 e. The van der Waals surface area contributed by atoms with Gasteiger partial charge in [-0.05, 0) is 38.3 Å². The number of carbonyl (C=O) groups excluding carboxylic acids is 2. The molecular formula is C27H42FN9O3. The number of nitrogens with one attached hydrogen (secondary N) is 3. The van der Waals surface area contributed by atoms with Crippen LogP contribution >= 0.6 is 0 Å². The highest BCUT2D eigenvalue weighted by atomic mass is 19.1. The monoisotopic (exact) mass is 559 g/mol. The van der Waals surface area contributed by atoms with E-state index >= 15 is 4.39 Å². The Labute approximate surface area is 234 Å². The first kappa shape index (κ1) is 27.6. The van der Waals surface area contributed by atoms with Crippen LogP contribution in [0.15, 0.2) is 18.9 Å². The van der Waals surface area contributed by atoms with Gasteiger partial charge in [0.05, 0.1) is 31.2 Å². The minimum atomic E-state index is -1.27. The van der Waals surface area contributed by atoms with Crippen molar-refractivity contribution in [1.82, 2.24) is 45.6 Å². The summed E-state index contributed by atoms with van der Waals surface area (Å²) in [4.78, 5) is 32.4. The zero-order valence-electron chi connectivity index (χ0n) is 23.6. The van der Waals surface area contributed by atoms with E-state index in [9.17, 15) is 9.59 Å². The van der Waals surface area contributed by atoms with Crippen molar-refractivity contribution < 1.29 is 18.7 Å². The largest absolute Gasteiger partial charge is 0.354 e.